The minimum atomic E-state index is -0.0317. The van der Waals surface area contributed by atoms with Crippen molar-refractivity contribution in [2.24, 2.45) is 5.41 Å². The molecule has 0 spiro atoms. The van der Waals surface area contributed by atoms with Crippen LogP contribution in [0, 0.1) is 5.41 Å². The van der Waals surface area contributed by atoms with Gasteiger partial charge in [0, 0.05) is 23.2 Å². The van der Waals surface area contributed by atoms with Gasteiger partial charge in [0.25, 0.3) is 0 Å². The van der Waals surface area contributed by atoms with Crippen LogP contribution in [-0.2, 0) is 6.61 Å². The maximum atomic E-state index is 9.73. The molecule has 3 N–H and O–H groups in total. The first kappa shape index (κ1) is 16.1. The fourth-order valence-corrected chi connectivity index (χ4v) is 3.09. The quantitative estimate of drug-likeness (QED) is 0.723. The highest BCUT2D eigenvalue weighted by Crippen LogP contribution is 2.36. The average molecular weight is 293 g/mol. The van der Waals surface area contributed by atoms with Gasteiger partial charge < -0.3 is 20.3 Å². The molecule has 1 aliphatic carbocycles. The minimum Gasteiger partial charge on any atom is -0.494 e. The van der Waals surface area contributed by atoms with Gasteiger partial charge in [-0.05, 0) is 38.0 Å². The van der Waals surface area contributed by atoms with E-state index in [0.29, 0.717) is 6.61 Å². The lowest BCUT2D eigenvalue weighted by atomic mass is 9.74. The molecular formula is C17H27NO3. The number of nitrogens with one attached hydrogen (secondary N) is 1. The van der Waals surface area contributed by atoms with E-state index in [2.05, 4.69) is 5.32 Å². The number of rotatable bonds is 7. The van der Waals surface area contributed by atoms with Gasteiger partial charge in [0.05, 0.1) is 19.8 Å². The SMILES string of the molecule is CCOc1ccc(NCC2(CO)CCCCC2)cc1CO. The van der Waals surface area contributed by atoms with Crippen LogP contribution < -0.4 is 10.1 Å². The van der Waals surface area contributed by atoms with Crippen molar-refractivity contribution >= 4 is 5.69 Å². The Morgan fingerprint density at radius 3 is 2.57 bits per heavy atom. The van der Waals surface area contributed by atoms with Gasteiger partial charge in [-0.1, -0.05) is 19.3 Å². The number of ether oxygens (including phenoxy) is 1. The number of benzene rings is 1. The van der Waals surface area contributed by atoms with Gasteiger partial charge in [0.1, 0.15) is 5.75 Å². The number of hydrogen-bond acceptors (Lipinski definition) is 4. The van der Waals surface area contributed by atoms with Gasteiger partial charge in [-0.2, -0.15) is 0 Å². The summed E-state index contributed by atoms with van der Waals surface area (Å²) in [7, 11) is 0. The average Bonchev–Trinajstić information content (AvgIpc) is 2.55. The van der Waals surface area contributed by atoms with E-state index in [1.807, 2.05) is 25.1 Å². The Morgan fingerprint density at radius 2 is 1.95 bits per heavy atom. The van der Waals surface area contributed by atoms with Crippen LogP contribution in [0.3, 0.4) is 0 Å². The van der Waals surface area contributed by atoms with E-state index in [-0.39, 0.29) is 18.6 Å². The number of anilines is 1. The second-order valence-electron chi connectivity index (χ2n) is 5.99. The first-order valence-corrected chi connectivity index (χ1v) is 7.94. The molecule has 2 rings (SSSR count). The predicted molar refractivity (Wildman–Crippen MR) is 84.6 cm³/mol. The Bertz CT molecular complexity index is 442. The highest BCUT2D eigenvalue weighted by Gasteiger charge is 2.31. The first-order chi connectivity index (χ1) is 10.2. The van der Waals surface area contributed by atoms with Crippen molar-refractivity contribution in [2.45, 2.75) is 45.6 Å². The van der Waals surface area contributed by atoms with Gasteiger partial charge >= 0.3 is 0 Å². The van der Waals surface area contributed by atoms with E-state index in [0.717, 1.165) is 36.4 Å². The Labute approximate surface area is 127 Å². The standard InChI is InChI=1S/C17H27NO3/c1-2-21-16-7-6-15(10-14(16)11-19)18-12-17(13-20)8-4-3-5-9-17/h6-7,10,18-20H,2-5,8-9,11-13H2,1H3. The van der Waals surface area contributed by atoms with E-state index in [1.54, 1.807) is 0 Å². The second-order valence-corrected chi connectivity index (χ2v) is 5.99. The lowest BCUT2D eigenvalue weighted by molar-refractivity contribution is 0.0944. The topological polar surface area (TPSA) is 61.7 Å². The van der Waals surface area contributed by atoms with Gasteiger partial charge in [-0.3, -0.25) is 0 Å². The van der Waals surface area contributed by atoms with Crippen LogP contribution in [0.5, 0.6) is 5.75 Å². The number of aliphatic hydroxyl groups excluding tert-OH is 2. The van der Waals surface area contributed by atoms with Crippen molar-refractivity contribution in [1.29, 1.82) is 0 Å². The Hall–Kier alpha value is -1.26. The predicted octanol–water partition coefficient (Wildman–Crippen LogP) is 2.93. The number of aliphatic hydroxyl groups is 2. The molecule has 118 valence electrons. The summed E-state index contributed by atoms with van der Waals surface area (Å²) in [6.45, 7) is 3.51. The highest BCUT2D eigenvalue weighted by molar-refractivity contribution is 5.51. The largest absolute Gasteiger partial charge is 0.494 e. The Balaban J connectivity index is 2.02. The van der Waals surface area contributed by atoms with Gasteiger partial charge in [-0.25, -0.2) is 0 Å². The smallest absolute Gasteiger partial charge is 0.124 e. The molecule has 0 atom stereocenters. The summed E-state index contributed by atoms with van der Waals surface area (Å²) in [5.74, 6) is 0.736. The van der Waals surface area contributed by atoms with Crippen molar-refractivity contribution in [2.75, 3.05) is 25.1 Å². The molecule has 21 heavy (non-hydrogen) atoms. The maximum Gasteiger partial charge on any atom is 0.124 e. The van der Waals surface area contributed by atoms with Crippen LogP contribution in [0.15, 0.2) is 18.2 Å². The zero-order valence-corrected chi connectivity index (χ0v) is 12.9. The molecule has 0 aromatic heterocycles. The Morgan fingerprint density at radius 1 is 1.19 bits per heavy atom. The molecule has 1 aliphatic rings. The van der Waals surface area contributed by atoms with Crippen LogP contribution in [0.1, 0.15) is 44.6 Å². The molecule has 1 aromatic rings. The van der Waals surface area contributed by atoms with Crippen LogP contribution in [0.25, 0.3) is 0 Å². The lowest BCUT2D eigenvalue weighted by Crippen LogP contribution is -2.35. The summed E-state index contributed by atoms with van der Waals surface area (Å²) < 4.78 is 5.49. The third-order valence-corrected chi connectivity index (χ3v) is 4.45. The van der Waals surface area contributed by atoms with E-state index in [4.69, 9.17) is 4.74 Å². The normalized spacial score (nSPS) is 17.5. The maximum absolute atomic E-state index is 9.73. The zero-order chi connectivity index (χ0) is 15.1. The summed E-state index contributed by atoms with van der Waals surface area (Å²) in [6, 6.07) is 5.79. The fraction of sp³-hybridized carbons (Fsp3) is 0.647. The van der Waals surface area contributed by atoms with Crippen LogP contribution in [0.4, 0.5) is 5.69 Å². The van der Waals surface area contributed by atoms with Gasteiger partial charge in [0.2, 0.25) is 0 Å². The molecule has 0 aliphatic heterocycles. The second kappa shape index (κ2) is 7.66. The van der Waals surface area contributed by atoms with Crippen molar-refractivity contribution < 1.29 is 14.9 Å². The molecule has 0 heterocycles. The summed E-state index contributed by atoms with van der Waals surface area (Å²) >= 11 is 0. The molecule has 4 nitrogen and oxygen atoms in total. The molecule has 1 saturated carbocycles. The fourth-order valence-electron chi connectivity index (χ4n) is 3.09. The third-order valence-electron chi connectivity index (χ3n) is 4.45. The van der Waals surface area contributed by atoms with Crippen molar-refractivity contribution in [3.8, 4) is 5.75 Å². The summed E-state index contributed by atoms with van der Waals surface area (Å²) in [4.78, 5) is 0. The van der Waals surface area contributed by atoms with Crippen LogP contribution in [-0.4, -0.2) is 30.0 Å². The van der Waals surface area contributed by atoms with Gasteiger partial charge in [0.15, 0.2) is 0 Å². The minimum absolute atomic E-state index is 0.0101. The molecule has 1 aromatic carbocycles. The lowest BCUT2D eigenvalue weighted by Gasteiger charge is -2.36. The molecular weight excluding hydrogens is 266 g/mol. The van der Waals surface area contributed by atoms with E-state index in [9.17, 15) is 10.2 Å². The third kappa shape index (κ3) is 4.11. The zero-order valence-electron chi connectivity index (χ0n) is 12.9. The van der Waals surface area contributed by atoms with Crippen molar-refractivity contribution in [3.05, 3.63) is 23.8 Å². The van der Waals surface area contributed by atoms with E-state index >= 15 is 0 Å². The highest BCUT2D eigenvalue weighted by atomic mass is 16.5. The van der Waals surface area contributed by atoms with E-state index in [1.165, 1.54) is 19.3 Å². The summed E-state index contributed by atoms with van der Waals surface area (Å²) in [5, 5.41) is 22.6. The van der Waals surface area contributed by atoms with E-state index < -0.39 is 0 Å². The molecule has 0 bridgehead atoms. The summed E-state index contributed by atoms with van der Waals surface area (Å²) in [6.07, 6.45) is 5.85. The monoisotopic (exact) mass is 293 g/mol. The summed E-state index contributed by atoms with van der Waals surface area (Å²) in [5.41, 5.74) is 1.78. The molecule has 1 fully saturated rings. The van der Waals surface area contributed by atoms with Crippen molar-refractivity contribution in [1.82, 2.24) is 0 Å². The molecule has 4 heteroatoms. The first-order valence-electron chi connectivity index (χ1n) is 7.94. The van der Waals surface area contributed by atoms with Crippen LogP contribution >= 0.6 is 0 Å². The molecule has 0 amide bonds. The molecule has 0 radical (unpaired) electrons. The number of hydrogen-bond donors (Lipinski definition) is 3. The van der Waals surface area contributed by atoms with Gasteiger partial charge in [-0.15, -0.1) is 0 Å². The molecule has 0 saturated heterocycles. The van der Waals surface area contributed by atoms with Crippen LogP contribution in [0.2, 0.25) is 0 Å². The molecule has 0 unspecified atom stereocenters. The van der Waals surface area contributed by atoms with Crippen molar-refractivity contribution in [3.63, 3.8) is 0 Å². The Kier molecular flexibility index (Phi) is 5.88.